The fourth-order valence-corrected chi connectivity index (χ4v) is 2.71. The zero-order valence-electron chi connectivity index (χ0n) is 15.7. The number of methoxy groups -OCH3 is 1. The first kappa shape index (κ1) is 20.3. The molecule has 9 heteroatoms. The standard InChI is InChI=1S/C18H27N5O4/c1-3-27-18(25)23-10-8-15(9-11-23)21-16(19)20-12-13-4-6-14(7-5-13)22-17(24)26-2/h4-7,15H,3,8-12H2,1-2H3,(H,22,24)(H3,19,20,21). The number of piperidine rings is 1. The molecular formula is C18H27N5O4. The monoisotopic (exact) mass is 377 g/mol. The quantitative estimate of drug-likeness (QED) is 0.533. The number of likely N-dealkylation sites (tertiary alicyclic amines) is 1. The normalized spacial score (nSPS) is 15.2. The highest BCUT2D eigenvalue weighted by molar-refractivity contribution is 5.84. The van der Waals surface area contributed by atoms with Crippen LogP contribution in [0.15, 0.2) is 29.3 Å². The highest BCUT2D eigenvalue weighted by Gasteiger charge is 2.23. The van der Waals surface area contributed by atoms with Gasteiger partial charge >= 0.3 is 12.2 Å². The predicted octanol–water partition coefficient (Wildman–Crippen LogP) is 1.89. The molecule has 0 atom stereocenters. The second-order valence-electron chi connectivity index (χ2n) is 6.12. The third-order valence-corrected chi connectivity index (χ3v) is 4.19. The van der Waals surface area contributed by atoms with E-state index in [4.69, 9.17) is 10.5 Å². The number of nitrogens with two attached hydrogens (primary N) is 1. The van der Waals surface area contributed by atoms with E-state index in [-0.39, 0.29) is 12.1 Å². The van der Waals surface area contributed by atoms with E-state index in [9.17, 15) is 9.59 Å². The maximum absolute atomic E-state index is 11.7. The highest BCUT2D eigenvalue weighted by Crippen LogP contribution is 2.12. The third kappa shape index (κ3) is 6.69. The second-order valence-corrected chi connectivity index (χ2v) is 6.12. The Labute approximate surface area is 158 Å². The number of hydrogen-bond donors (Lipinski definition) is 3. The molecule has 1 heterocycles. The lowest BCUT2D eigenvalue weighted by molar-refractivity contribution is 0.0963. The summed E-state index contributed by atoms with van der Waals surface area (Å²) >= 11 is 0. The minimum Gasteiger partial charge on any atom is -0.453 e. The number of nitrogens with one attached hydrogen (secondary N) is 2. The lowest BCUT2D eigenvalue weighted by Crippen LogP contribution is -2.48. The van der Waals surface area contributed by atoms with Crippen LogP contribution in [-0.4, -0.2) is 55.9 Å². The molecule has 1 aliphatic heterocycles. The molecule has 4 N–H and O–H groups in total. The molecule has 27 heavy (non-hydrogen) atoms. The van der Waals surface area contributed by atoms with Crippen molar-refractivity contribution in [2.24, 2.45) is 10.7 Å². The molecule has 0 bridgehead atoms. The number of carbonyl (C=O) groups is 2. The summed E-state index contributed by atoms with van der Waals surface area (Å²) in [7, 11) is 1.31. The Balaban J connectivity index is 1.76. The van der Waals surface area contributed by atoms with Gasteiger partial charge in [-0.3, -0.25) is 5.32 Å². The van der Waals surface area contributed by atoms with E-state index in [1.54, 1.807) is 24.0 Å². The Morgan fingerprint density at radius 1 is 1.26 bits per heavy atom. The van der Waals surface area contributed by atoms with Crippen molar-refractivity contribution in [1.82, 2.24) is 10.2 Å². The average Bonchev–Trinajstić information content (AvgIpc) is 2.68. The Morgan fingerprint density at radius 3 is 2.52 bits per heavy atom. The Hall–Kier alpha value is -2.97. The van der Waals surface area contributed by atoms with E-state index in [1.165, 1.54) is 7.11 Å². The van der Waals surface area contributed by atoms with Crippen molar-refractivity contribution in [2.75, 3.05) is 32.1 Å². The molecule has 0 aliphatic carbocycles. The Bertz CT molecular complexity index is 654. The number of hydrogen-bond acceptors (Lipinski definition) is 5. The van der Waals surface area contributed by atoms with Crippen LogP contribution >= 0.6 is 0 Å². The zero-order valence-corrected chi connectivity index (χ0v) is 15.7. The van der Waals surface area contributed by atoms with Crippen LogP contribution in [0, 0.1) is 0 Å². The maximum atomic E-state index is 11.7. The van der Waals surface area contributed by atoms with Crippen molar-refractivity contribution >= 4 is 23.8 Å². The molecule has 1 aromatic carbocycles. The summed E-state index contributed by atoms with van der Waals surface area (Å²) in [5.41, 5.74) is 7.58. The van der Waals surface area contributed by atoms with Gasteiger partial charge in [-0.1, -0.05) is 12.1 Å². The second kappa shape index (κ2) is 10.2. The van der Waals surface area contributed by atoms with Gasteiger partial charge in [-0.25, -0.2) is 14.6 Å². The molecule has 0 radical (unpaired) electrons. The minimum atomic E-state index is -0.511. The first-order valence-corrected chi connectivity index (χ1v) is 8.94. The van der Waals surface area contributed by atoms with Gasteiger partial charge in [-0.05, 0) is 37.5 Å². The molecule has 1 saturated heterocycles. The van der Waals surface area contributed by atoms with Crippen LogP contribution < -0.4 is 16.4 Å². The third-order valence-electron chi connectivity index (χ3n) is 4.19. The Morgan fingerprint density at radius 2 is 1.93 bits per heavy atom. The van der Waals surface area contributed by atoms with Gasteiger partial charge < -0.3 is 25.4 Å². The summed E-state index contributed by atoms with van der Waals surface area (Å²) in [6.07, 6.45) is 0.817. The molecule has 0 saturated carbocycles. The van der Waals surface area contributed by atoms with Crippen molar-refractivity contribution in [2.45, 2.75) is 32.4 Å². The van der Waals surface area contributed by atoms with Gasteiger partial charge in [0.1, 0.15) is 0 Å². The molecular weight excluding hydrogens is 350 g/mol. The van der Waals surface area contributed by atoms with Crippen molar-refractivity contribution in [3.05, 3.63) is 29.8 Å². The average molecular weight is 377 g/mol. The van der Waals surface area contributed by atoms with Crippen LogP contribution in [0.2, 0.25) is 0 Å². The SMILES string of the molecule is CCOC(=O)N1CCC(NC(N)=NCc2ccc(NC(=O)OC)cc2)CC1. The molecule has 0 spiro atoms. The van der Waals surface area contributed by atoms with Gasteiger partial charge in [0, 0.05) is 24.8 Å². The van der Waals surface area contributed by atoms with Gasteiger partial charge in [0.2, 0.25) is 0 Å². The molecule has 148 valence electrons. The molecule has 0 unspecified atom stereocenters. The zero-order chi connectivity index (χ0) is 19.6. The van der Waals surface area contributed by atoms with Crippen molar-refractivity contribution in [3.8, 4) is 0 Å². The van der Waals surface area contributed by atoms with Crippen LogP contribution in [0.4, 0.5) is 15.3 Å². The smallest absolute Gasteiger partial charge is 0.411 e. The van der Waals surface area contributed by atoms with Gasteiger partial charge in [0.05, 0.1) is 20.3 Å². The lowest BCUT2D eigenvalue weighted by atomic mass is 10.1. The van der Waals surface area contributed by atoms with Crippen LogP contribution in [0.25, 0.3) is 0 Å². The fraction of sp³-hybridized carbons (Fsp3) is 0.500. The summed E-state index contributed by atoms with van der Waals surface area (Å²) in [4.78, 5) is 28.9. The van der Waals surface area contributed by atoms with Crippen LogP contribution in [0.1, 0.15) is 25.3 Å². The van der Waals surface area contributed by atoms with E-state index in [0.717, 1.165) is 18.4 Å². The molecule has 0 aromatic heterocycles. The summed E-state index contributed by atoms with van der Waals surface area (Å²) in [6.45, 7) is 3.89. The number of ether oxygens (including phenoxy) is 2. The number of rotatable bonds is 5. The first-order valence-electron chi connectivity index (χ1n) is 8.94. The van der Waals surface area contributed by atoms with E-state index < -0.39 is 6.09 Å². The van der Waals surface area contributed by atoms with E-state index >= 15 is 0 Å². The number of benzene rings is 1. The first-order chi connectivity index (χ1) is 13.0. The van der Waals surface area contributed by atoms with Crippen LogP contribution in [0.5, 0.6) is 0 Å². The van der Waals surface area contributed by atoms with E-state index in [2.05, 4.69) is 20.4 Å². The number of aliphatic imine (C=N–C) groups is 1. The number of carbonyl (C=O) groups excluding carboxylic acids is 2. The molecule has 1 fully saturated rings. The van der Waals surface area contributed by atoms with Gasteiger partial charge in [-0.15, -0.1) is 0 Å². The summed E-state index contributed by atoms with van der Waals surface area (Å²) in [6, 6.07) is 7.46. The van der Waals surface area contributed by atoms with Crippen LogP contribution in [0.3, 0.4) is 0 Å². The van der Waals surface area contributed by atoms with Gasteiger partial charge in [0.25, 0.3) is 0 Å². The predicted molar refractivity (Wildman–Crippen MR) is 103 cm³/mol. The summed E-state index contributed by atoms with van der Waals surface area (Å²) < 4.78 is 9.55. The van der Waals surface area contributed by atoms with Crippen molar-refractivity contribution < 1.29 is 19.1 Å². The largest absolute Gasteiger partial charge is 0.453 e. The summed E-state index contributed by atoms with van der Waals surface area (Å²) in [5, 5.41) is 5.79. The molecule has 9 nitrogen and oxygen atoms in total. The van der Waals surface area contributed by atoms with Gasteiger partial charge in [0.15, 0.2) is 5.96 Å². The number of nitrogens with zero attached hydrogens (tertiary/aromatic N) is 2. The minimum absolute atomic E-state index is 0.186. The van der Waals surface area contributed by atoms with E-state index in [0.29, 0.717) is 37.9 Å². The molecule has 1 aliphatic rings. The molecule has 2 rings (SSSR count). The Kier molecular flexibility index (Phi) is 7.72. The highest BCUT2D eigenvalue weighted by atomic mass is 16.6. The number of amides is 2. The number of anilines is 1. The fourth-order valence-electron chi connectivity index (χ4n) is 2.71. The summed E-state index contributed by atoms with van der Waals surface area (Å²) in [5.74, 6) is 0.376. The van der Waals surface area contributed by atoms with Crippen LogP contribution in [-0.2, 0) is 16.0 Å². The number of guanidine groups is 1. The maximum Gasteiger partial charge on any atom is 0.411 e. The van der Waals surface area contributed by atoms with Crippen molar-refractivity contribution in [3.63, 3.8) is 0 Å². The lowest BCUT2D eigenvalue weighted by Gasteiger charge is -2.31. The van der Waals surface area contributed by atoms with E-state index in [1.807, 2.05) is 12.1 Å². The topological polar surface area (TPSA) is 118 Å². The molecule has 2 amide bonds. The van der Waals surface area contributed by atoms with Gasteiger partial charge in [-0.2, -0.15) is 0 Å². The molecule has 1 aromatic rings. The van der Waals surface area contributed by atoms with Crippen molar-refractivity contribution in [1.29, 1.82) is 0 Å².